The van der Waals surface area contributed by atoms with Gasteiger partial charge in [-0.3, -0.25) is 4.79 Å². The van der Waals surface area contributed by atoms with Gasteiger partial charge in [0.05, 0.1) is 6.54 Å². The van der Waals surface area contributed by atoms with Crippen molar-refractivity contribution < 1.29 is 13.7 Å². The molecule has 3 heterocycles. The molecule has 1 aromatic carbocycles. The fourth-order valence-electron chi connectivity index (χ4n) is 3.71. The van der Waals surface area contributed by atoms with Gasteiger partial charge in [-0.2, -0.15) is 4.98 Å². The van der Waals surface area contributed by atoms with E-state index < -0.39 is 0 Å². The number of nitrogens with zero attached hydrogens (tertiary/aromatic N) is 3. The summed E-state index contributed by atoms with van der Waals surface area (Å²) < 4.78 is 11.0. The zero-order valence-corrected chi connectivity index (χ0v) is 17.7. The van der Waals surface area contributed by atoms with Gasteiger partial charge in [0.15, 0.2) is 0 Å². The molecular weight excluding hydrogens is 380 g/mol. The molecule has 4 rings (SSSR count). The average molecular weight is 409 g/mol. The van der Waals surface area contributed by atoms with E-state index in [1.165, 1.54) is 5.56 Å². The molecule has 30 heavy (non-hydrogen) atoms. The first-order valence-electron chi connectivity index (χ1n) is 10.5. The zero-order chi connectivity index (χ0) is 21.1. The average Bonchev–Trinajstić information content (AvgIpc) is 3.41. The van der Waals surface area contributed by atoms with Crippen LogP contribution in [0.4, 0.5) is 6.01 Å². The fourth-order valence-corrected chi connectivity index (χ4v) is 3.71. The molecule has 0 unspecified atom stereocenters. The Morgan fingerprint density at radius 2 is 1.90 bits per heavy atom. The number of aryl methyl sites for hydroxylation is 1. The normalized spacial score (nSPS) is 15.0. The number of furan rings is 1. The number of hydrogen-bond acceptors (Lipinski definition) is 6. The number of aromatic nitrogens is 2. The first-order chi connectivity index (χ1) is 14.5. The molecule has 3 aromatic rings. The molecule has 1 fully saturated rings. The van der Waals surface area contributed by atoms with Gasteiger partial charge in [0.25, 0.3) is 0 Å². The number of carbonyl (C=O) groups is 1. The van der Waals surface area contributed by atoms with E-state index in [0.717, 1.165) is 29.9 Å². The largest absolute Gasteiger partial charge is 0.465 e. The van der Waals surface area contributed by atoms with Crippen LogP contribution in [0.2, 0.25) is 0 Å². The smallest absolute Gasteiger partial charge is 0.324 e. The summed E-state index contributed by atoms with van der Waals surface area (Å²) in [6.45, 7) is 8.09. The van der Waals surface area contributed by atoms with Crippen LogP contribution in [0.1, 0.15) is 49.7 Å². The molecule has 0 atom stereocenters. The zero-order valence-electron chi connectivity index (χ0n) is 17.7. The quantitative estimate of drug-likeness (QED) is 0.655. The van der Waals surface area contributed by atoms with Gasteiger partial charge in [-0.05, 0) is 43.4 Å². The highest BCUT2D eigenvalue weighted by atomic mass is 16.5. The number of amides is 1. The van der Waals surface area contributed by atoms with E-state index in [9.17, 15) is 4.79 Å². The summed E-state index contributed by atoms with van der Waals surface area (Å²) in [5, 5.41) is 7.11. The molecule has 0 bridgehead atoms. The molecule has 1 aliphatic rings. The minimum absolute atomic E-state index is 0.0109. The standard InChI is InChI=1S/C23H28N4O3/c1-15(2)17-5-7-18(8-6-17)21-25-23(30-26-21)27-12-10-19(11-13-27)22(28)24-14-20-9-4-16(3)29-20/h4-9,15,19H,10-14H2,1-3H3,(H,24,28). The Balaban J connectivity index is 1.30. The Morgan fingerprint density at radius 3 is 2.53 bits per heavy atom. The predicted molar refractivity (Wildman–Crippen MR) is 114 cm³/mol. The summed E-state index contributed by atoms with van der Waals surface area (Å²) in [5.74, 6) is 2.76. The Hall–Kier alpha value is -3.09. The summed E-state index contributed by atoms with van der Waals surface area (Å²) in [7, 11) is 0. The highest BCUT2D eigenvalue weighted by Gasteiger charge is 2.27. The molecule has 2 aromatic heterocycles. The third-order valence-corrected chi connectivity index (χ3v) is 5.62. The molecular formula is C23H28N4O3. The van der Waals surface area contributed by atoms with Crippen LogP contribution < -0.4 is 10.2 Å². The van der Waals surface area contributed by atoms with E-state index in [-0.39, 0.29) is 11.8 Å². The van der Waals surface area contributed by atoms with E-state index in [2.05, 4.69) is 46.3 Å². The van der Waals surface area contributed by atoms with Crippen LogP contribution in [0.3, 0.4) is 0 Å². The fraction of sp³-hybridized carbons (Fsp3) is 0.435. The highest BCUT2D eigenvalue weighted by molar-refractivity contribution is 5.78. The number of benzene rings is 1. The van der Waals surface area contributed by atoms with Crippen LogP contribution in [0, 0.1) is 12.8 Å². The molecule has 0 saturated carbocycles. The van der Waals surface area contributed by atoms with Gasteiger partial charge in [0.2, 0.25) is 11.7 Å². The SMILES string of the molecule is Cc1ccc(CNC(=O)C2CCN(c3nc(-c4ccc(C(C)C)cc4)no3)CC2)o1. The Labute approximate surface area is 176 Å². The second-order valence-corrected chi connectivity index (χ2v) is 8.17. The number of rotatable bonds is 6. The van der Waals surface area contributed by atoms with Crippen molar-refractivity contribution in [2.75, 3.05) is 18.0 Å². The van der Waals surface area contributed by atoms with E-state index in [4.69, 9.17) is 8.94 Å². The summed E-state index contributed by atoms with van der Waals surface area (Å²) in [5.41, 5.74) is 2.22. The number of nitrogens with one attached hydrogen (secondary N) is 1. The van der Waals surface area contributed by atoms with Crippen molar-refractivity contribution in [1.82, 2.24) is 15.5 Å². The third-order valence-electron chi connectivity index (χ3n) is 5.62. The summed E-state index contributed by atoms with van der Waals surface area (Å²) in [6, 6.07) is 12.6. The topological polar surface area (TPSA) is 84.4 Å². The van der Waals surface area contributed by atoms with Gasteiger partial charge < -0.3 is 19.2 Å². The first kappa shape index (κ1) is 20.2. The summed E-state index contributed by atoms with van der Waals surface area (Å²) >= 11 is 0. The Kier molecular flexibility index (Phi) is 5.88. The van der Waals surface area contributed by atoms with Crippen LogP contribution in [0.15, 0.2) is 45.3 Å². The molecule has 7 heteroatoms. The third kappa shape index (κ3) is 4.56. The maximum absolute atomic E-state index is 12.5. The molecule has 0 radical (unpaired) electrons. The van der Waals surface area contributed by atoms with Crippen LogP contribution >= 0.6 is 0 Å². The van der Waals surface area contributed by atoms with Crippen molar-refractivity contribution in [2.45, 2.75) is 46.1 Å². The van der Waals surface area contributed by atoms with Gasteiger partial charge in [0, 0.05) is 24.6 Å². The number of anilines is 1. The lowest BCUT2D eigenvalue weighted by molar-refractivity contribution is -0.125. The van der Waals surface area contributed by atoms with E-state index in [1.807, 2.05) is 31.2 Å². The highest BCUT2D eigenvalue weighted by Crippen LogP contribution is 2.26. The maximum Gasteiger partial charge on any atom is 0.324 e. The van der Waals surface area contributed by atoms with Gasteiger partial charge in [-0.15, -0.1) is 0 Å². The van der Waals surface area contributed by atoms with Crippen molar-refractivity contribution in [2.24, 2.45) is 5.92 Å². The number of hydrogen-bond donors (Lipinski definition) is 1. The molecule has 0 spiro atoms. The van der Waals surface area contributed by atoms with Crippen molar-refractivity contribution in [1.29, 1.82) is 0 Å². The molecule has 1 aliphatic heterocycles. The van der Waals surface area contributed by atoms with Gasteiger partial charge in [0.1, 0.15) is 11.5 Å². The van der Waals surface area contributed by atoms with E-state index >= 15 is 0 Å². The van der Waals surface area contributed by atoms with Crippen molar-refractivity contribution in [3.63, 3.8) is 0 Å². The monoisotopic (exact) mass is 408 g/mol. The minimum atomic E-state index is -0.0109. The lowest BCUT2D eigenvalue weighted by Gasteiger charge is -2.29. The van der Waals surface area contributed by atoms with Crippen LogP contribution in [0.5, 0.6) is 0 Å². The Morgan fingerprint density at radius 1 is 1.17 bits per heavy atom. The second-order valence-electron chi connectivity index (χ2n) is 8.17. The van der Waals surface area contributed by atoms with Gasteiger partial charge >= 0.3 is 6.01 Å². The maximum atomic E-state index is 12.5. The lowest BCUT2D eigenvalue weighted by atomic mass is 9.96. The van der Waals surface area contributed by atoms with Crippen molar-refractivity contribution in [3.8, 4) is 11.4 Å². The van der Waals surface area contributed by atoms with Crippen LogP contribution in [-0.4, -0.2) is 29.1 Å². The first-order valence-corrected chi connectivity index (χ1v) is 10.5. The lowest BCUT2D eigenvalue weighted by Crippen LogP contribution is -2.40. The molecule has 158 valence electrons. The molecule has 1 N–H and O–H groups in total. The molecule has 0 aliphatic carbocycles. The minimum Gasteiger partial charge on any atom is -0.465 e. The summed E-state index contributed by atoms with van der Waals surface area (Å²) in [4.78, 5) is 19.1. The van der Waals surface area contributed by atoms with Gasteiger partial charge in [-0.25, -0.2) is 0 Å². The summed E-state index contributed by atoms with van der Waals surface area (Å²) in [6.07, 6.45) is 1.51. The van der Waals surface area contributed by atoms with Crippen LogP contribution in [-0.2, 0) is 11.3 Å². The van der Waals surface area contributed by atoms with Gasteiger partial charge in [-0.1, -0.05) is 43.3 Å². The van der Waals surface area contributed by atoms with Crippen LogP contribution in [0.25, 0.3) is 11.4 Å². The molecule has 1 saturated heterocycles. The number of piperidine rings is 1. The predicted octanol–water partition coefficient (Wildman–Crippen LogP) is 4.29. The van der Waals surface area contributed by atoms with E-state index in [0.29, 0.717) is 37.4 Å². The van der Waals surface area contributed by atoms with Crippen molar-refractivity contribution >= 4 is 11.9 Å². The van der Waals surface area contributed by atoms with E-state index in [1.54, 1.807) is 0 Å². The Bertz CT molecular complexity index is 982. The molecule has 1 amide bonds. The second kappa shape index (κ2) is 8.73. The van der Waals surface area contributed by atoms with Crippen molar-refractivity contribution in [3.05, 3.63) is 53.5 Å². The molecule has 7 nitrogen and oxygen atoms in total. The number of carbonyl (C=O) groups excluding carboxylic acids is 1.